The molecule has 0 atom stereocenters. The zero-order valence-electron chi connectivity index (χ0n) is 15.4. The quantitative estimate of drug-likeness (QED) is 0.717. The summed E-state index contributed by atoms with van der Waals surface area (Å²) in [6.07, 6.45) is 6.29. The molecular weight excluding hydrogens is 312 g/mol. The van der Waals surface area contributed by atoms with Crippen LogP contribution in [0.4, 0.5) is 0 Å². The molecule has 1 amide bonds. The molecule has 25 heavy (non-hydrogen) atoms. The van der Waals surface area contributed by atoms with Gasteiger partial charge in [0, 0.05) is 18.2 Å². The number of aryl methyl sites for hydroxylation is 1. The monoisotopic (exact) mass is 338 g/mol. The standard InChI is InChI=1S/C21H26N2O2/c1-15(2)7-5-8-16(3)11-12-22-21(24)19-14-20(25-23-19)18-10-6-9-17(4)13-18/h6-7,9-11,13-14H,5,8,12H2,1-4H3,(H,22,24)/b16-11+. The van der Waals surface area contributed by atoms with Gasteiger partial charge in [-0.2, -0.15) is 0 Å². The van der Waals surface area contributed by atoms with Crippen LogP contribution in [0.2, 0.25) is 0 Å². The smallest absolute Gasteiger partial charge is 0.273 e. The largest absolute Gasteiger partial charge is 0.355 e. The summed E-state index contributed by atoms with van der Waals surface area (Å²) in [5, 5.41) is 6.73. The van der Waals surface area contributed by atoms with Crippen molar-refractivity contribution in [2.24, 2.45) is 0 Å². The molecule has 0 aliphatic heterocycles. The molecule has 0 saturated heterocycles. The fraction of sp³-hybridized carbons (Fsp3) is 0.333. The maximum absolute atomic E-state index is 12.2. The predicted molar refractivity (Wildman–Crippen MR) is 101 cm³/mol. The van der Waals surface area contributed by atoms with Gasteiger partial charge in [-0.25, -0.2) is 0 Å². The summed E-state index contributed by atoms with van der Waals surface area (Å²) >= 11 is 0. The van der Waals surface area contributed by atoms with Gasteiger partial charge in [-0.05, 0) is 46.6 Å². The first-order valence-corrected chi connectivity index (χ1v) is 8.56. The van der Waals surface area contributed by atoms with E-state index in [1.165, 1.54) is 11.1 Å². The SMILES string of the molecule is CC(C)=CCC/C(C)=C/CNC(=O)c1cc(-c2cccc(C)c2)on1. The number of benzene rings is 1. The van der Waals surface area contributed by atoms with E-state index >= 15 is 0 Å². The van der Waals surface area contributed by atoms with E-state index in [2.05, 4.69) is 37.3 Å². The topological polar surface area (TPSA) is 55.1 Å². The third-order valence-corrected chi connectivity index (χ3v) is 3.85. The molecule has 1 N–H and O–H groups in total. The van der Waals surface area contributed by atoms with Crippen LogP contribution in [0.15, 0.2) is 58.2 Å². The van der Waals surface area contributed by atoms with Crippen molar-refractivity contribution in [3.05, 3.63) is 64.9 Å². The lowest BCUT2D eigenvalue weighted by Gasteiger charge is -2.01. The Bertz CT molecular complexity index is 781. The molecular formula is C21H26N2O2. The van der Waals surface area contributed by atoms with E-state index in [-0.39, 0.29) is 5.91 Å². The van der Waals surface area contributed by atoms with E-state index < -0.39 is 0 Å². The second-order valence-corrected chi connectivity index (χ2v) is 6.53. The lowest BCUT2D eigenvalue weighted by atomic mass is 10.1. The number of nitrogens with zero attached hydrogens (tertiary/aromatic N) is 1. The van der Waals surface area contributed by atoms with Crippen LogP contribution in [0.25, 0.3) is 11.3 Å². The van der Waals surface area contributed by atoms with Crippen molar-refractivity contribution in [3.8, 4) is 11.3 Å². The lowest BCUT2D eigenvalue weighted by Crippen LogP contribution is -2.23. The Hall–Kier alpha value is -2.62. The number of amides is 1. The van der Waals surface area contributed by atoms with Gasteiger partial charge in [-0.15, -0.1) is 0 Å². The first-order valence-electron chi connectivity index (χ1n) is 8.56. The van der Waals surface area contributed by atoms with Crippen molar-refractivity contribution in [2.75, 3.05) is 6.54 Å². The molecule has 1 aromatic carbocycles. The summed E-state index contributed by atoms with van der Waals surface area (Å²) in [6.45, 7) is 8.78. The molecule has 1 heterocycles. The number of nitrogens with one attached hydrogen (secondary N) is 1. The Morgan fingerprint density at radius 3 is 2.72 bits per heavy atom. The van der Waals surface area contributed by atoms with Gasteiger partial charge in [0.15, 0.2) is 11.5 Å². The second-order valence-electron chi connectivity index (χ2n) is 6.53. The van der Waals surface area contributed by atoms with Crippen LogP contribution in [0, 0.1) is 6.92 Å². The molecule has 0 radical (unpaired) electrons. The zero-order valence-corrected chi connectivity index (χ0v) is 15.4. The van der Waals surface area contributed by atoms with E-state index in [4.69, 9.17) is 4.52 Å². The van der Waals surface area contributed by atoms with Crippen molar-refractivity contribution in [1.29, 1.82) is 0 Å². The minimum atomic E-state index is -0.226. The third-order valence-electron chi connectivity index (χ3n) is 3.85. The van der Waals surface area contributed by atoms with Crippen LogP contribution in [0.1, 0.15) is 49.7 Å². The number of allylic oxidation sites excluding steroid dienone is 3. The first kappa shape index (κ1) is 18.7. The van der Waals surface area contributed by atoms with E-state index in [1.54, 1.807) is 6.07 Å². The maximum atomic E-state index is 12.2. The minimum absolute atomic E-state index is 0.226. The number of rotatable bonds is 7. The molecule has 2 rings (SSSR count). The molecule has 4 heteroatoms. The van der Waals surface area contributed by atoms with Crippen LogP contribution in [0.5, 0.6) is 0 Å². The van der Waals surface area contributed by atoms with Crippen LogP contribution in [-0.4, -0.2) is 17.6 Å². The Morgan fingerprint density at radius 2 is 2.00 bits per heavy atom. The van der Waals surface area contributed by atoms with Gasteiger partial charge in [0.05, 0.1) is 0 Å². The Kier molecular flexibility index (Phi) is 6.75. The van der Waals surface area contributed by atoms with Crippen molar-refractivity contribution < 1.29 is 9.32 Å². The zero-order chi connectivity index (χ0) is 18.2. The van der Waals surface area contributed by atoms with Crippen molar-refractivity contribution in [2.45, 2.75) is 40.5 Å². The average molecular weight is 338 g/mol. The third kappa shape index (κ3) is 6.07. The minimum Gasteiger partial charge on any atom is -0.355 e. The van der Waals surface area contributed by atoms with Crippen molar-refractivity contribution in [3.63, 3.8) is 0 Å². The van der Waals surface area contributed by atoms with Gasteiger partial charge in [-0.1, -0.05) is 52.2 Å². The summed E-state index contributed by atoms with van der Waals surface area (Å²) in [6, 6.07) is 9.58. The number of carbonyl (C=O) groups is 1. The van der Waals surface area contributed by atoms with Crippen LogP contribution < -0.4 is 5.32 Å². The fourth-order valence-electron chi connectivity index (χ4n) is 2.42. The molecule has 0 aliphatic carbocycles. The number of hydrogen-bond acceptors (Lipinski definition) is 3. The van der Waals surface area contributed by atoms with Gasteiger partial charge in [-0.3, -0.25) is 4.79 Å². The van der Waals surface area contributed by atoms with E-state index in [9.17, 15) is 4.79 Å². The number of hydrogen-bond donors (Lipinski definition) is 1. The molecule has 2 aromatic rings. The maximum Gasteiger partial charge on any atom is 0.273 e. The Morgan fingerprint density at radius 1 is 1.20 bits per heavy atom. The highest BCUT2D eigenvalue weighted by Crippen LogP contribution is 2.21. The Labute approximate surface area is 149 Å². The molecule has 0 spiro atoms. The van der Waals surface area contributed by atoms with Gasteiger partial charge in [0.2, 0.25) is 0 Å². The van der Waals surface area contributed by atoms with E-state index in [1.807, 2.05) is 37.3 Å². The summed E-state index contributed by atoms with van der Waals surface area (Å²) < 4.78 is 5.30. The summed E-state index contributed by atoms with van der Waals surface area (Å²) in [7, 11) is 0. The first-order chi connectivity index (χ1) is 12.0. The summed E-state index contributed by atoms with van der Waals surface area (Å²) in [5.41, 5.74) is 4.94. The van der Waals surface area contributed by atoms with E-state index in [0.717, 1.165) is 24.0 Å². The molecule has 1 aromatic heterocycles. The molecule has 4 nitrogen and oxygen atoms in total. The van der Waals surface area contributed by atoms with Crippen LogP contribution >= 0.6 is 0 Å². The molecule has 132 valence electrons. The van der Waals surface area contributed by atoms with Gasteiger partial charge < -0.3 is 9.84 Å². The van der Waals surface area contributed by atoms with Crippen LogP contribution in [0.3, 0.4) is 0 Å². The van der Waals surface area contributed by atoms with Gasteiger partial charge in [0.25, 0.3) is 5.91 Å². The molecule has 0 unspecified atom stereocenters. The summed E-state index contributed by atoms with van der Waals surface area (Å²) in [5.74, 6) is 0.373. The summed E-state index contributed by atoms with van der Waals surface area (Å²) in [4.78, 5) is 12.2. The molecule has 0 fully saturated rings. The van der Waals surface area contributed by atoms with Crippen molar-refractivity contribution in [1.82, 2.24) is 10.5 Å². The normalized spacial score (nSPS) is 11.3. The van der Waals surface area contributed by atoms with Gasteiger partial charge >= 0.3 is 0 Å². The Balaban J connectivity index is 1.88. The molecule has 0 aliphatic rings. The molecule has 0 bridgehead atoms. The number of carbonyl (C=O) groups excluding carboxylic acids is 1. The second kappa shape index (κ2) is 9.02. The van der Waals surface area contributed by atoms with E-state index in [0.29, 0.717) is 18.0 Å². The average Bonchev–Trinajstić information content (AvgIpc) is 3.04. The fourth-order valence-corrected chi connectivity index (χ4v) is 2.42. The highest BCUT2D eigenvalue weighted by Gasteiger charge is 2.13. The highest BCUT2D eigenvalue weighted by atomic mass is 16.5. The number of aromatic nitrogens is 1. The highest BCUT2D eigenvalue weighted by molar-refractivity contribution is 5.93. The lowest BCUT2D eigenvalue weighted by molar-refractivity contribution is 0.0949. The predicted octanol–water partition coefficient (Wildman–Crippen LogP) is 5.07. The van der Waals surface area contributed by atoms with Crippen molar-refractivity contribution >= 4 is 5.91 Å². The van der Waals surface area contributed by atoms with Crippen LogP contribution in [-0.2, 0) is 0 Å². The molecule has 0 saturated carbocycles. The van der Waals surface area contributed by atoms with Gasteiger partial charge in [0.1, 0.15) is 0 Å².